The first-order valence-electron chi connectivity index (χ1n) is 9.30. The standard InChI is InChI=1S/C22H26FNO3/c1-15(2)21(16-8-10-17(26-3)11-9-16)22(25)24-12-13-27-20(14-24)18-6-4-5-7-19(18)23/h4-11,15,20-21H,12-14H2,1-3H3. The maximum absolute atomic E-state index is 14.1. The molecule has 1 aliphatic heterocycles. The van der Waals surface area contributed by atoms with E-state index in [0.29, 0.717) is 25.3 Å². The number of rotatable bonds is 5. The zero-order valence-corrected chi connectivity index (χ0v) is 16.0. The molecule has 0 radical (unpaired) electrons. The first kappa shape index (κ1) is 19.4. The molecule has 1 fully saturated rings. The highest BCUT2D eigenvalue weighted by Crippen LogP contribution is 2.31. The Bertz CT molecular complexity index is 775. The highest BCUT2D eigenvalue weighted by Gasteiger charge is 2.33. The summed E-state index contributed by atoms with van der Waals surface area (Å²) in [6, 6.07) is 14.2. The van der Waals surface area contributed by atoms with E-state index >= 15 is 0 Å². The lowest BCUT2D eigenvalue weighted by Crippen LogP contribution is -2.45. The van der Waals surface area contributed by atoms with Crippen molar-refractivity contribution < 1.29 is 18.7 Å². The highest BCUT2D eigenvalue weighted by atomic mass is 19.1. The lowest BCUT2D eigenvalue weighted by atomic mass is 9.87. The van der Waals surface area contributed by atoms with Crippen molar-refractivity contribution in [1.29, 1.82) is 0 Å². The molecule has 144 valence electrons. The number of hydrogen-bond donors (Lipinski definition) is 0. The summed E-state index contributed by atoms with van der Waals surface area (Å²) in [5.41, 5.74) is 1.46. The van der Waals surface area contributed by atoms with Crippen LogP contribution in [0, 0.1) is 11.7 Å². The van der Waals surface area contributed by atoms with Crippen LogP contribution in [0.4, 0.5) is 4.39 Å². The molecular weight excluding hydrogens is 345 g/mol. The van der Waals surface area contributed by atoms with Gasteiger partial charge in [0.2, 0.25) is 5.91 Å². The van der Waals surface area contributed by atoms with Gasteiger partial charge in [0.1, 0.15) is 17.7 Å². The Labute approximate surface area is 159 Å². The smallest absolute Gasteiger partial charge is 0.230 e. The van der Waals surface area contributed by atoms with Gasteiger partial charge in [0, 0.05) is 12.1 Å². The zero-order valence-electron chi connectivity index (χ0n) is 16.0. The van der Waals surface area contributed by atoms with Crippen molar-refractivity contribution in [2.45, 2.75) is 25.9 Å². The van der Waals surface area contributed by atoms with Crippen LogP contribution in [0.15, 0.2) is 48.5 Å². The molecule has 2 unspecified atom stereocenters. The van der Waals surface area contributed by atoms with Crippen molar-refractivity contribution in [2.75, 3.05) is 26.8 Å². The second-order valence-electron chi connectivity index (χ2n) is 7.16. The Morgan fingerprint density at radius 2 is 1.89 bits per heavy atom. The first-order valence-corrected chi connectivity index (χ1v) is 9.30. The highest BCUT2D eigenvalue weighted by molar-refractivity contribution is 5.84. The fraction of sp³-hybridized carbons (Fsp3) is 0.409. The SMILES string of the molecule is COc1ccc(C(C(=O)N2CCOC(c3ccccc3F)C2)C(C)C)cc1. The average molecular weight is 371 g/mol. The van der Waals surface area contributed by atoms with Crippen LogP contribution < -0.4 is 4.74 Å². The molecule has 1 saturated heterocycles. The van der Waals surface area contributed by atoms with Crippen molar-refractivity contribution in [3.8, 4) is 5.75 Å². The van der Waals surface area contributed by atoms with E-state index in [1.807, 2.05) is 38.1 Å². The van der Waals surface area contributed by atoms with Crippen LogP contribution in [0.1, 0.15) is 37.0 Å². The minimum Gasteiger partial charge on any atom is -0.497 e. The van der Waals surface area contributed by atoms with Crippen LogP contribution in [0.25, 0.3) is 0 Å². The third-order valence-electron chi connectivity index (χ3n) is 5.04. The van der Waals surface area contributed by atoms with Gasteiger partial charge in [-0.25, -0.2) is 4.39 Å². The van der Waals surface area contributed by atoms with Gasteiger partial charge in [-0.1, -0.05) is 44.2 Å². The monoisotopic (exact) mass is 371 g/mol. The molecule has 4 nitrogen and oxygen atoms in total. The first-order chi connectivity index (χ1) is 13.0. The minimum atomic E-state index is -0.437. The number of benzene rings is 2. The van der Waals surface area contributed by atoms with Crippen LogP contribution in [-0.4, -0.2) is 37.6 Å². The summed E-state index contributed by atoms with van der Waals surface area (Å²) in [7, 11) is 1.62. The molecule has 0 bridgehead atoms. The fourth-order valence-corrected chi connectivity index (χ4v) is 3.59. The Kier molecular flexibility index (Phi) is 6.11. The number of nitrogens with zero attached hydrogens (tertiary/aromatic N) is 1. The van der Waals surface area contributed by atoms with E-state index in [-0.39, 0.29) is 23.6 Å². The second kappa shape index (κ2) is 8.53. The lowest BCUT2D eigenvalue weighted by molar-refractivity contribution is -0.141. The van der Waals surface area contributed by atoms with Gasteiger partial charge in [-0.05, 0) is 29.7 Å². The molecule has 2 aromatic carbocycles. The summed E-state index contributed by atoms with van der Waals surface area (Å²) in [5.74, 6) is 0.405. The summed E-state index contributed by atoms with van der Waals surface area (Å²) < 4.78 is 25.1. The van der Waals surface area contributed by atoms with Gasteiger partial charge in [0.05, 0.1) is 26.2 Å². The quantitative estimate of drug-likeness (QED) is 0.792. The molecule has 2 atom stereocenters. The number of ether oxygens (including phenoxy) is 2. The largest absolute Gasteiger partial charge is 0.497 e. The Balaban J connectivity index is 1.80. The van der Waals surface area contributed by atoms with Crippen molar-refractivity contribution >= 4 is 5.91 Å². The molecule has 1 amide bonds. The Hall–Kier alpha value is -2.40. The summed E-state index contributed by atoms with van der Waals surface area (Å²) in [5, 5.41) is 0. The Morgan fingerprint density at radius 3 is 2.52 bits per heavy atom. The molecule has 5 heteroatoms. The molecule has 0 aliphatic carbocycles. The van der Waals surface area contributed by atoms with Crippen LogP contribution >= 0.6 is 0 Å². The van der Waals surface area contributed by atoms with Crippen molar-refractivity contribution in [3.63, 3.8) is 0 Å². The van der Waals surface area contributed by atoms with Gasteiger partial charge in [-0.3, -0.25) is 4.79 Å². The normalized spacial score (nSPS) is 18.4. The summed E-state index contributed by atoms with van der Waals surface area (Å²) in [6.07, 6.45) is -0.437. The molecule has 27 heavy (non-hydrogen) atoms. The fourth-order valence-electron chi connectivity index (χ4n) is 3.59. The number of carbonyl (C=O) groups excluding carboxylic acids is 1. The van der Waals surface area contributed by atoms with Gasteiger partial charge in [-0.2, -0.15) is 0 Å². The molecule has 0 N–H and O–H groups in total. The third-order valence-corrected chi connectivity index (χ3v) is 5.04. The van der Waals surface area contributed by atoms with Gasteiger partial charge in [0.15, 0.2) is 0 Å². The number of methoxy groups -OCH3 is 1. The van der Waals surface area contributed by atoms with Crippen LogP contribution in [0.5, 0.6) is 5.75 Å². The molecule has 0 saturated carbocycles. The minimum absolute atomic E-state index is 0.0554. The van der Waals surface area contributed by atoms with Gasteiger partial charge in [-0.15, -0.1) is 0 Å². The lowest BCUT2D eigenvalue weighted by Gasteiger charge is -2.36. The van der Waals surface area contributed by atoms with Gasteiger partial charge in [0.25, 0.3) is 0 Å². The third kappa shape index (κ3) is 4.30. The predicted molar refractivity (Wildman–Crippen MR) is 102 cm³/mol. The zero-order chi connectivity index (χ0) is 19.4. The number of hydrogen-bond acceptors (Lipinski definition) is 3. The molecule has 1 aliphatic rings. The number of amides is 1. The van der Waals surface area contributed by atoms with Crippen LogP contribution in [-0.2, 0) is 9.53 Å². The van der Waals surface area contributed by atoms with Gasteiger partial charge < -0.3 is 14.4 Å². The summed E-state index contributed by atoms with van der Waals surface area (Å²) in [4.78, 5) is 15.1. The number of carbonyl (C=O) groups is 1. The van der Waals surface area contributed by atoms with Crippen molar-refractivity contribution in [1.82, 2.24) is 4.90 Å². The summed E-state index contributed by atoms with van der Waals surface area (Å²) in [6.45, 7) is 5.36. The summed E-state index contributed by atoms with van der Waals surface area (Å²) >= 11 is 0. The van der Waals surface area contributed by atoms with Gasteiger partial charge >= 0.3 is 0 Å². The molecule has 2 aromatic rings. The van der Waals surface area contributed by atoms with Crippen LogP contribution in [0.2, 0.25) is 0 Å². The second-order valence-corrected chi connectivity index (χ2v) is 7.16. The van der Waals surface area contributed by atoms with Crippen molar-refractivity contribution in [2.24, 2.45) is 5.92 Å². The van der Waals surface area contributed by atoms with E-state index in [2.05, 4.69) is 0 Å². The average Bonchev–Trinajstić information content (AvgIpc) is 2.69. The molecule has 0 spiro atoms. The van der Waals surface area contributed by atoms with E-state index < -0.39 is 6.10 Å². The number of halogens is 1. The maximum atomic E-state index is 14.1. The molecular formula is C22H26FNO3. The van der Waals surface area contributed by atoms with E-state index in [1.165, 1.54) is 6.07 Å². The predicted octanol–water partition coefficient (Wildman–Crippen LogP) is 4.17. The molecule has 0 aromatic heterocycles. The van der Waals surface area contributed by atoms with Crippen LogP contribution in [0.3, 0.4) is 0 Å². The number of morpholine rings is 1. The molecule has 3 rings (SSSR count). The van der Waals surface area contributed by atoms with E-state index in [0.717, 1.165) is 11.3 Å². The van der Waals surface area contributed by atoms with E-state index in [4.69, 9.17) is 9.47 Å². The van der Waals surface area contributed by atoms with E-state index in [9.17, 15) is 9.18 Å². The molecule has 1 heterocycles. The van der Waals surface area contributed by atoms with Crippen molar-refractivity contribution in [3.05, 3.63) is 65.5 Å². The van der Waals surface area contributed by atoms with E-state index in [1.54, 1.807) is 30.2 Å². The maximum Gasteiger partial charge on any atom is 0.230 e. The topological polar surface area (TPSA) is 38.8 Å². The Morgan fingerprint density at radius 1 is 1.19 bits per heavy atom.